The van der Waals surface area contributed by atoms with Gasteiger partial charge in [0.15, 0.2) is 0 Å². The van der Waals surface area contributed by atoms with Crippen molar-refractivity contribution in [2.45, 2.75) is 71.6 Å². The van der Waals surface area contributed by atoms with E-state index >= 15 is 0 Å². The first-order valence-electron chi connectivity index (χ1n) is 6.63. The van der Waals surface area contributed by atoms with Crippen LogP contribution in [0.1, 0.15) is 71.6 Å². The summed E-state index contributed by atoms with van der Waals surface area (Å²) in [5.41, 5.74) is 0. The fraction of sp³-hybridized carbons (Fsp3) is 0.923. The molecule has 0 aromatic carbocycles. The van der Waals surface area contributed by atoms with Crippen molar-refractivity contribution in [2.75, 3.05) is 6.61 Å². The molecule has 0 aliphatic heterocycles. The Bertz CT molecular complexity index is 157. The largest absolute Gasteiger partial charge is 0.342 e. The smallest absolute Gasteiger partial charge is 0.298 e. The molecular weight excluding hydrogens is 204 g/mol. The number of rotatable bonds is 11. The highest BCUT2D eigenvalue weighted by molar-refractivity contribution is 5.68. The average Bonchev–Trinajstić information content (AvgIpc) is 2.29. The molecule has 0 amide bonds. The lowest BCUT2D eigenvalue weighted by Gasteiger charge is -2.03. The molecule has 3 nitrogen and oxygen atoms in total. The van der Waals surface area contributed by atoms with E-state index in [9.17, 15) is 4.79 Å². The van der Waals surface area contributed by atoms with Gasteiger partial charge in [-0.15, -0.1) is 0 Å². The van der Waals surface area contributed by atoms with Gasteiger partial charge in [0.1, 0.15) is 0 Å². The van der Waals surface area contributed by atoms with E-state index in [0.29, 0.717) is 13.0 Å². The maximum atomic E-state index is 11.1. The van der Waals surface area contributed by atoms with Gasteiger partial charge in [0.25, 0.3) is 0 Å². The van der Waals surface area contributed by atoms with Crippen molar-refractivity contribution in [3.05, 3.63) is 0 Å². The third kappa shape index (κ3) is 11.5. The minimum Gasteiger partial charge on any atom is -0.298 e. The first-order chi connectivity index (χ1) is 7.81. The van der Waals surface area contributed by atoms with Crippen molar-refractivity contribution < 1.29 is 14.6 Å². The quantitative estimate of drug-likeness (QED) is 0.305. The summed E-state index contributed by atoms with van der Waals surface area (Å²) in [6, 6.07) is 0. The van der Waals surface area contributed by atoms with Gasteiger partial charge in [-0.05, 0) is 12.8 Å². The molecular formula is C13H26O3. The number of carbonyl (C=O) groups excluding carboxylic acids is 1. The highest BCUT2D eigenvalue weighted by atomic mass is 17.2. The van der Waals surface area contributed by atoms with Crippen LogP contribution >= 0.6 is 0 Å². The Morgan fingerprint density at radius 2 is 1.50 bits per heavy atom. The topological polar surface area (TPSA) is 35.5 Å². The van der Waals surface area contributed by atoms with Crippen LogP contribution in [0.25, 0.3) is 0 Å². The Balaban J connectivity index is 3.11. The van der Waals surface area contributed by atoms with Gasteiger partial charge in [0.05, 0.1) is 6.61 Å². The Kier molecular flexibility index (Phi) is 12.1. The van der Waals surface area contributed by atoms with Crippen LogP contribution < -0.4 is 0 Å². The molecule has 0 radical (unpaired) electrons. The second-order valence-electron chi connectivity index (χ2n) is 4.15. The second-order valence-corrected chi connectivity index (χ2v) is 4.15. The summed E-state index contributed by atoms with van der Waals surface area (Å²) in [4.78, 5) is 20.6. The normalized spacial score (nSPS) is 10.4. The molecule has 0 aliphatic carbocycles. The maximum Gasteiger partial charge on any atom is 0.342 e. The Morgan fingerprint density at radius 3 is 2.19 bits per heavy atom. The predicted molar refractivity (Wildman–Crippen MR) is 64.9 cm³/mol. The fourth-order valence-electron chi connectivity index (χ4n) is 1.40. The van der Waals surface area contributed by atoms with Crippen molar-refractivity contribution >= 4 is 5.97 Å². The molecule has 3 heteroatoms. The van der Waals surface area contributed by atoms with E-state index in [1.165, 1.54) is 25.7 Å². The van der Waals surface area contributed by atoms with Gasteiger partial charge in [-0.1, -0.05) is 52.4 Å². The van der Waals surface area contributed by atoms with Gasteiger partial charge >= 0.3 is 5.97 Å². The molecule has 0 heterocycles. The van der Waals surface area contributed by atoms with E-state index in [-0.39, 0.29) is 5.97 Å². The van der Waals surface area contributed by atoms with Gasteiger partial charge in [0.2, 0.25) is 0 Å². The van der Waals surface area contributed by atoms with Gasteiger partial charge in [0, 0.05) is 6.42 Å². The monoisotopic (exact) mass is 230 g/mol. The maximum absolute atomic E-state index is 11.1. The number of hydrogen-bond donors (Lipinski definition) is 0. The third-order valence-corrected chi connectivity index (χ3v) is 2.47. The van der Waals surface area contributed by atoms with Crippen molar-refractivity contribution in [2.24, 2.45) is 0 Å². The van der Waals surface area contributed by atoms with E-state index in [2.05, 4.69) is 18.7 Å². The van der Waals surface area contributed by atoms with Gasteiger partial charge in [-0.25, -0.2) is 4.79 Å². The molecule has 0 saturated carbocycles. The second kappa shape index (κ2) is 12.5. The first-order valence-corrected chi connectivity index (χ1v) is 6.63. The van der Waals surface area contributed by atoms with Crippen LogP contribution in [0.4, 0.5) is 0 Å². The Morgan fingerprint density at radius 1 is 0.875 bits per heavy atom. The molecule has 0 aromatic rings. The lowest BCUT2D eigenvalue weighted by atomic mass is 10.1. The average molecular weight is 230 g/mol. The minimum absolute atomic E-state index is 0.230. The fourth-order valence-corrected chi connectivity index (χ4v) is 1.40. The summed E-state index contributed by atoms with van der Waals surface area (Å²) in [5, 5.41) is 0. The molecule has 0 aliphatic rings. The van der Waals surface area contributed by atoms with Gasteiger partial charge < -0.3 is 0 Å². The molecule has 0 unspecified atom stereocenters. The summed E-state index contributed by atoms with van der Waals surface area (Å²) in [6.45, 7) is 4.78. The van der Waals surface area contributed by atoms with Crippen LogP contribution in [0.3, 0.4) is 0 Å². The van der Waals surface area contributed by atoms with Crippen LogP contribution in [0.15, 0.2) is 0 Å². The molecule has 0 atom stereocenters. The molecule has 0 spiro atoms. The van der Waals surface area contributed by atoms with Crippen LogP contribution in [0.5, 0.6) is 0 Å². The van der Waals surface area contributed by atoms with E-state index in [0.717, 1.165) is 25.7 Å². The van der Waals surface area contributed by atoms with E-state index in [4.69, 9.17) is 4.89 Å². The zero-order chi connectivity index (χ0) is 12.1. The summed E-state index contributed by atoms with van der Waals surface area (Å²) < 4.78 is 0. The number of unbranched alkanes of at least 4 members (excludes halogenated alkanes) is 6. The lowest BCUT2D eigenvalue weighted by Crippen LogP contribution is -2.06. The molecule has 96 valence electrons. The first kappa shape index (κ1) is 15.4. The summed E-state index contributed by atoms with van der Waals surface area (Å²) >= 11 is 0. The SMILES string of the molecule is CCCCCCCCC(=O)OOCCCC. The lowest BCUT2D eigenvalue weighted by molar-refractivity contribution is -0.272. The van der Waals surface area contributed by atoms with Crippen LogP contribution in [0, 0.1) is 0 Å². The standard InChI is InChI=1S/C13H26O3/c1-3-5-7-8-9-10-11-13(14)16-15-12-6-4-2/h3-12H2,1-2H3. The summed E-state index contributed by atoms with van der Waals surface area (Å²) in [6.07, 6.45) is 9.55. The third-order valence-electron chi connectivity index (χ3n) is 2.47. The molecule has 0 bridgehead atoms. The summed E-state index contributed by atoms with van der Waals surface area (Å²) in [5.74, 6) is -0.230. The minimum atomic E-state index is -0.230. The summed E-state index contributed by atoms with van der Waals surface area (Å²) in [7, 11) is 0. The van der Waals surface area contributed by atoms with Crippen molar-refractivity contribution in [3.8, 4) is 0 Å². The van der Waals surface area contributed by atoms with E-state index in [1.807, 2.05) is 0 Å². The van der Waals surface area contributed by atoms with Crippen LogP contribution in [-0.2, 0) is 14.6 Å². The number of carbonyl (C=O) groups is 1. The highest BCUT2D eigenvalue weighted by Crippen LogP contribution is 2.07. The Labute approximate surface area is 99.4 Å². The molecule has 16 heavy (non-hydrogen) atoms. The molecule has 0 saturated heterocycles. The Hall–Kier alpha value is -0.570. The van der Waals surface area contributed by atoms with Crippen molar-refractivity contribution in [1.29, 1.82) is 0 Å². The van der Waals surface area contributed by atoms with Crippen LogP contribution in [-0.4, -0.2) is 12.6 Å². The van der Waals surface area contributed by atoms with Crippen molar-refractivity contribution in [1.82, 2.24) is 0 Å². The molecule has 0 aromatic heterocycles. The number of hydrogen-bond acceptors (Lipinski definition) is 3. The van der Waals surface area contributed by atoms with E-state index in [1.54, 1.807) is 0 Å². The molecule has 0 fully saturated rings. The van der Waals surface area contributed by atoms with Gasteiger partial charge in [-0.3, -0.25) is 4.89 Å². The molecule has 0 N–H and O–H groups in total. The predicted octanol–water partition coefficient (Wildman–Crippen LogP) is 4.01. The van der Waals surface area contributed by atoms with E-state index < -0.39 is 0 Å². The zero-order valence-electron chi connectivity index (χ0n) is 10.8. The zero-order valence-corrected chi connectivity index (χ0v) is 10.8. The highest BCUT2D eigenvalue weighted by Gasteiger charge is 2.03. The van der Waals surface area contributed by atoms with Crippen LogP contribution in [0.2, 0.25) is 0 Å². The van der Waals surface area contributed by atoms with Gasteiger partial charge in [-0.2, -0.15) is 4.89 Å². The van der Waals surface area contributed by atoms with Crippen molar-refractivity contribution in [3.63, 3.8) is 0 Å². The molecule has 0 rings (SSSR count).